The molecule has 1 aliphatic rings. The number of ether oxygens (including phenoxy) is 1. The molecule has 4 rings (SSSR count). The number of amides is 1. The second kappa shape index (κ2) is 9.80. The van der Waals surface area contributed by atoms with E-state index in [0.717, 1.165) is 30.5 Å². The number of carbonyl (C=O) groups is 1. The Morgan fingerprint density at radius 1 is 1.03 bits per heavy atom. The number of rotatable bonds is 6. The van der Waals surface area contributed by atoms with Gasteiger partial charge >= 0.3 is 0 Å². The summed E-state index contributed by atoms with van der Waals surface area (Å²) in [6, 6.07) is 17.5. The van der Waals surface area contributed by atoms with Crippen molar-refractivity contribution in [2.24, 2.45) is 0 Å². The molecule has 1 saturated heterocycles. The Balaban J connectivity index is 1.56. The first-order chi connectivity index (χ1) is 15.5. The number of hydrogen-bond acceptors (Lipinski definition) is 6. The number of nitrogens with one attached hydrogen (secondary N) is 1. The average molecular weight is 453 g/mol. The molecule has 1 fully saturated rings. The van der Waals surface area contributed by atoms with Gasteiger partial charge in [-0.05, 0) is 42.5 Å². The minimum atomic E-state index is -0.564. The second-order valence-electron chi connectivity index (χ2n) is 7.07. The molecule has 3 aromatic rings. The van der Waals surface area contributed by atoms with Crippen molar-refractivity contribution in [3.8, 4) is 0 Å². The largest absolute Gasteiger partial charge is 0.378 e. The number of hydrogen-bond donors (Lipinski definition) is 1. The van der Waals surface area contributed by atoms with Crippen LogP contribution in [0.4, 0.5) is 21.5 Å². The van der Waals surface area contributed by atoms with Crippen molar-refractivity contribution in [3.63, 3.8) is 0 Å². The molecule has 1 N–H and O–H groups in total. The van der Waals surface area contributed by atoms with Gasteiger partial charge in [0.05, 0.1) is 23.7 Å². The number of nitro groups is 1. The summed E-state index contributed by atoms with van der Waals surface area (Å²) in [5.74, 6) is -0.937. The third-order valence-electron chi connectivity index (χ3n) is 4.98. The fourth-order valence-corrected chi connectivity index (χ4v) is 4.27. The summed E-state index contributed by atoms with van der Waals surface area (Å²) in [5.41, 5.74) is 1.47. The molecular formula is C23H20FN3O4S. The fraction of sp³-hybridized carbons (Fsp3) is 0.174. The predicted octanol–water partition coefficient (Wildman–Crippen LogP) is 4.97. The molecule has 1 amide bonds. The zero-order chi connectivity index (χ0) is 22.5. The Kier molecular flexibility index (Phi) is 6.67. The van der Waals surface area contributed by atoms with Crippen LogP contribution in [0.25, 0.3) is 0 Å². The van der Waals surface area contributed by atoms with E-state index in [1.807, 2.05) is 12.1 Å². The summed E-state index contributed by atoms with van der Waals surface area (Å²) in [6.07, 6.45) is 0. The molecular weight excluding hydrogens is 433 g/mol. The molecule has 9 heteroatoms. The van der Waals surface area contributed by atoms with Crippen molar-refractivity contribution in [1.82, 2.24) is 0 Å². The summed E-state index contributed by atoms with van der Waals surface area (Å²) >= 11 is 1.04. The maximum atomic E-state index is 14.1. The van der Waals surface area contributed by atoms with E-state index < -0.39 is 16.6 Å². The van der Waals surface area contributed by atoms with Crippen molar-refractivity contribution in [1.29, 1.82) is 0 Å². The first kappa shape index (κ1) is 21.8. The Bertz CT molecular complexity index is 1130. The smallest absolute Gasteiger partial charge is 0.270 e. The van der Waals surface area contributed by atoms with Gasteiger partial charge in [0.1, 0.15) is 5.82 Å². The van der Waals surface area contributed by atoms with E-state index in [1.54, 1.807) is 30.3 Å². The molecule has 0 atom stereocenters. The van der Waals surface area contributed by atoms with E-state index in [2.05, 4.69) is 10.2 Å². The van der Waals surface area contributed by atoms with Gasteiger partial charge in [-0.2, -0.15) is 0 Å². The minimum absolute atomic E-state index is 0.102. The van der Waals surface area contributed by atoms with Gasteiger partial charge < -0.3 is 15.0 Å². The summed E-state index contributed by atoms with van der Waals surface area (Å²) < 4.78 is 19.5. The van der Waals surface area contributed by atoms with Crippen molar-refractivity contribution >= 4 is 34.7 Å². The van der Waals surface area contributed by atoms with Crippen molar-refractivity contribution < 1.29 is 18.8 Å². The van der Waals surface area contributed by atoms with E-state index in [-0.39, 0.29) is 11.3 Å². The molecule has 1 aliphatic heterocycles. The first-order valence-corrected chi connectivity index (χ1v) is 10.8. The number of halogens is 1. The number of nitrogens with zero attached hydrogens (tertiary/aromatic N) is 2. The van der Waals surface area contributed by atoms with Crippen LogP contribution in [0.15, 0.2) is 76.5 Å². The number of benzene rings is 3. The van der Waals surface area contributed by atoms with Gasteiger partial charge in [0.15, 0.2) is 0 Å². The fourth-order valence-electron chi connectivity index (χ4n) is 3.32. The lowest BCUT2D eigenvalue weighted by atomic mass is 10.1. The number of anilines is 2. The Labute approximate surface area is 188 Å². The number of carbonyl (C=O) groups excluding carboxylic acids is 1. The van der Waals surface area contributed by atoms with E-state index in [0.29, 0.717) is 28.7 Å². The van der Waals surface area contributed by atoms with Gasteiger partial charge in [-0.1, -0.05) is 23.9 Å². The molecule has 0 unspecified atom stereocenters. The Morgan fingerprint density at radius 3 is 2.44 bits per heavy atom. The van der Waals surface area contributed by atoms with Crippen LogP contribution in [0.3, 0.4) is 0 Å². The lowest BCUT2D eigenvalue weighted by Crippen LogP contribution is -2.36. The highest BCUT2D eigenvalue weighted by Crippen LogP contribution is 2.34. The third kappa shape index (κ3) is 5.06. The summed E-state index contributed by atoms with van der Waals surface area (Å²) in [7, 11) is 0. The molecule has 32 heavy (non-hydrogen) atoms. The Morgan fingerprint density at radius 2 is 1.75 bits per heavy atom. The molecule has 0 spiro atoms. The van der Waals surface area contributed by atoms with Gasteiger partial charge in [-0.15, -0.1) is 0 Å². The number of nitro benzene ring substituents is 1. The zero-order valence-electron chi connectivity index (χ0n) is 17.0. The van der Waals surface area contributed by atoms with Crippen molar-refractivity contribution in [3.05, 3.63) is 88.2 Å². The summed E-state index contributed by atoms with van der Waals surface area (Å²) in [6.45, 7) is 2.95. The van der Waals surface area contributed by atoms with Gasteiger partial charge in [-0.25, -0.2) is 4.39 Å². The highest BCUT2D eigenvalue weighted by atomic mass is 32.2. The quantitative estimate of drug-likeness (QED) is 0.419. The maximum Gasteiger partial charge on any atom is 0.270 e. The highest BCUT2D eigenvalue weighted by molar-refractivity contribution is 7.99. The third-order valence-corrected chi connectivity index (χ3v) is 6.10. The number of non-ortho nitro benzene ring substituents is 1. The van der Waals surface area contributed by atoms with Crippen molar-refractivity contribution in [2.75, 3.05) is 36.5 Å². The molecule has 0 aliphatic carbocycles. The van der Waals surface area contributed by atoms with E-state index in [4.69, 9.17) is 4.74 Å². The molecule has 3 aromatic carbocycles. The lowest BCUT2D eigenvalue weighted by molar-refractivity contribution is -0.384. The van der Waals surface area contributed by atoms with Crippen LogP contribution in [-0.2, 0) is 4.74 Å². The summed E-state index contributed by atoms with van der Waals surface area (Å²) in [5, 5.41) is 14.0. The predicted molar refractivity (Wildman–Crippen MR) is 121 cm³/mol. The van der Waals surface area contributed by atoms with Crippen LogP contribution in [0.5, 0.6) is 0 Å². The standard InChI is InChI=1S/C23H20FN3O4S/c24-20-3-1-2-4-22(20)32-21-10-9-18(27(29)30)15-19(21)23(28)25-16-5-7-17(8-6-16)26-11-13-31-14-12-26/h1-10,15H,11-14H2,(H,25,28). The van der Waals surface area contributed by atoms with Crippen LogP contribution in [0.2, 0.25) is 0 Å². The monoisotopic (exact) mass is 453 g/mol. The van der Waals surface area contributed by atoms with Gasteiger partial charge in [0.25, 0.3) is 11.6 Å². The molecule has 7 nitrogen and oxygen atoms in total. The van der Waals surface area contributed by atoms with Gasteiger partial charge in [0, 0.05) is 46.4 Å². The normalized spacial score (nSPS) is 13.6. The Hall–Kier alpha value is -3.43. The van der Waals surface area contributed by atoms with Crippen LogP contribution in [-0.4, -0.2) is 37.1 Å². The van der Waals surface area contributed by atoms with Gasteiger partial charge in [0.2, 0.25) is 0 Å². The van der Waals surface area contributed by atoms with Crippen LogP contribution in [0.1, 0.15) is 10.4 Å². The van der Waals surface area contributed by atoms with Crippen LogP contribution < -0.4 is 10.2 Å². The van der Waals surface area contributed by atoms with E-state index >= 15 is 0 Å². The minimum Gasteiger partial charge on any atom is -0.378 e. The van der Waals surface area contributed by atoms with Crippen LogP contribution >= 0.6 is 11.8 Å². The molecule has 164 valence electrons. The molecule has 0 radical (unpaired) electrons. The molecule has 0 saturated carbocycles. The van der Waals surface area contributed by atoms with Crippen molar-refractivity contribution in [2.45, 2.75) is 9.79 Å². The second-order valence-corrected chi connectivity index (χ2v) is 8.15. The lowest BCUT2D eigenvalue weighted by Gasteiger charge is -2.28. The highest BCUT2D eigenvalue weighted by Gasteiger charge is 2.19. The average Bonchev–Trinajstić information content (AvgIpc) is 2.81. The SMILES string of the molecule is O=C(Nc1ccc(N2CCOCC2)cc1)c1cc([N+](=O)[O-])ccc1Sc1ccccc1F. The molecule has 1 heterocycles. The number of morpholine rings is 1. The zero-order valence-corrected chi connectivity index (χ0v) is 17.8. The van der Waals surface area contributed by atoms with Crippen LogP contribution in [0, 0.1) is 15.9 Å². The molecule has 0 aromatic heterocycles. The topological polar surface area (TPSA) is 84.7 Å². The first-order valence-electron chi connectivity index (χ1n) is 9.96. The summed E-state index contributed by atoms with van der Waals surface area (Å²) in [4.78, 5) is 26.6. The maximum absolute atomic E-state index is 14.1. The van der Waals surface area contributed by atoms with E-state index in [9.17, 15) is 19.3 Å². The van der Waals surface area contributed by atoms with Gasteiger partial charge in [-0.3, -0.25) is 14.9 Å². The molecule has 0 bridgehead atoms. The van der Waals surface area contributed by atoms with E-state index in [1.165, 1.54) is 24.3 Å².